The third-order valence-corrected chi connectivity index (χ3v) is 5.73. The van der Waals surface area contributed by atoms with E-state index in [-0.39, 0.29) is 5.82 Å². The van der Waals surface area contributed by atoms with Gasteiger partial charge in [-0.2, -0.15) is 0 Å². The zero-order chi connectivity index (χ0) is 14.9. The van der Waals surface area contributed by atoms with Crippen LogP contribution in [0.25, 0.3) is 0 Å². The zero-order valence-corrected chi connectivity index (χ0v) is 13.1. The molecular formula is C19H25FN2. The lowest BCUT2D eigenvalue weighted by Crippen LogP contribution is -2.47. The molecule has 2 nitrogen and oxygen atoms in total. The lowest BCUT2D eigenvalue weighted by molar-refractivity contribution is 0.108. The maximum atomic E-state index is 13.7. The van der Waals surface area contributed by atoms with Crippen molar-refractivity contribution in [2.45, 2.75) is 19.4 Å². The van der Waals surface area contributed by atoms with Crippen LogP contribution < -0.4 is 0 Å². The first kappa shape index (κ1) is 14.4. The van der Waals surface area contributed by atoms with Crippen molar-refractivity contribution in [2.75, 3.05) is 32.7 Å². The van der Waals surface area contributed by atoms with Crippen molar-refractivity contribution in [3.8, 4) is 0 Å². The van der Waals surface area contributed by atoms with Crippen LogP contribution in [-0.2, 0) is 6.54 Å². The van der Waals surface area contributed by atoms with E-state index in [0.29, 0.717) is 0 Å². The minimum atomic E-state index is -0.0707. The number of rotatable bonds is 4. The summed E-state index contributed by atoms with van der Waals surface area (Å²) in [7, 11) is 0. The molecule has 22 heavy (non-hydrogen) atoms. The third kappa shape index (κ3) is 2.97. The Morgan fingerprint density at radius 1 is 0.955 bits per heavy atom. The fraction of sp³-hybridized carbons (Fsp3) is 0.579. The molecule has 0 radical (unpaired) electrons. The molecule has 1 aliphatic heterocycles. The summed E-state index contributed by atoms with van der Waals surface area (Å²) in [6.45, 7) is 6.39. The van der Waals surface area contributed by atoms with Crippen molar-refractivity contribution in [3.05, 3.63) is 47.8 Å². The molecule has 4 rings (SSSR count). The number of hydrogen-bond acceptors (Lipinski definition) is 2. The summed E-state index contributed by atoms with van der Waals surface area (Å²) >= 11 is 0. The van der Waals surface area contributed by atoms with Crippen LogP contribution in [0.1, 0.15) is 18.4 Å². The van der Waals surface area contributed by atoms with E-state index in [9.17, 15) is 4.39 Å². The fourth-order valence-electron chi connectivity index (χ4n) is 4.43. The summed E-state index contributed by atoms with van der Waals surface area (Å²) < 4.78 is 13.7. The van der Waals surface area contributed by atoms with Gasteiger partial charge in [-0.3, -0.25) is 4.90 Å². The maximum Gasteiger partial charge on any atom is 0.127 e. The lowest BCUT2D eigenvalue weighted by Gasteiger charge is -2.37. The van der Waals surface area contributed by atoms with Crippen molar-refractivity contribution < 1.29 is 4.39 Å². The predicted octanol–water partition coefficient (Wildman–Crippen LogP) is 3.16. The molecule has 1 aromatic rings. The first-order valence-corrected chi connectivity index (χ1v) is 8.64. The van der Waals surface area contributed by atoms with E-state index in [1.165, 1.54) is 19.4 Å². The molecule has 0 unspecified atom stereocenters. The highest BCUT2D eigenvalue weighted by Crippen LogP contribution is 2.43. The van der Waals surface area contributed by atoms with Gasteiger partial charge >= 0.3 is 0 Å². The Morgan fingerprint density at radius 3 is 2.41 bits per heavy atom. The molecule has 0 spiro atoms. The molecule has 2 bridgehead atoms. The molecule has 1 heterocycles. The summed E-state index contributed by atoms with van der Waals surface area (Å²) in [5, 5.41) is 0. The van der Waals surface area contributed by atoms with Crippen molar-refractivity contribution in [2.24, 2.45) is 17.8 Å². The molecule has 1 aromatic carbocycles. The Labute approximate surface area is 132 Å². The molecule has 1 saturated carbocycles. The van der Waals surface area contributed by atoms with E-state index in [4.69, 9.17) is 0 Å². The molecule has 0 aromatic heterocycles. The van der Waals surface area contributed by atoms with E-state index in [0.717, 1.165) is 56.0 Å². The number of benzene rings is 1. The van der Waals surface area contributed by atoms with Crippen LogP contribution in [0, 0.1) is 23.6 Å². The number of allylic oxidation sites excluding steroid dienone is 2. The Balaban J connectivity index is 1.26. The van der Waals surface area contributed by atoms with Crippen LogP contribution >= 0.6 is 0 Å². The van der Waals surface area contributed by atoms with Gasteiger partial charge in [0.1, 0.15) is 5.82 Å². The van der Waals surface area contributed by atoms with E-state index in [2.05, 4.69) is 22.0 Å². The number of nitrogens with zero attached hydrogens (tertiary/aromatic N) is 2. The van der Waals surface area contributed by atoms with Crippen molar-refractivity contribution in [1.29, 1.82) is 0 Å². The highest BCUT2D eigenvalue weighted by molar-refractivity contribution is 5.17. The van der Waals surface area contributed by atoms with Gasteiger partial charge in [-0.1, -0.05) is 30.4 Å². The Morgan fingerprint density at radius 2 is 1.73 bits per heavy atom. The summed E-state index contributed by atoms with van der Waals surface area (Å²) in [6.07, 6.45) is 7.68. The highest BCUT2D eigenvalue weighted by Gasteiger charge is 2.36. The van der Waals surface area contributed by atoms with E-state index >= 15 is 0 Å². The van der Waals surface area contributed by atoms with Crippen molar-refractivity contribution >= 4 is 0 Å². The van der Waals surface area contributed by atoms with E-state index < -0.39 is 0 Å². The predicted molar refractivity (Wildman–Crippen MR) is 87.0 cm³/mol. The van der Waals surface area contributed by atoms with Crippen LogP contribution in [-0.4, -0.2) is 42.5 Å². The Hall–Kier alpha value is -1.19. The van der Waals surface area contributed by atoms with Crippen molar-refractivity contribution in [3.63, 3.8) is 0 Å². The SMILES string of the molecule is Fc1ccccc1CN1CCN(C[C@@H]2C[C@@H]3C=C[C@@H]2C3)CC1. The normalized spacial score (nSPS) is 32.0. The molecule has 118 valence electrons. The largest absolute Gasteiger partial charge is 0.300 e. The van der Waals surface area contributed by atoms with Gasteiger partial charge in [-0.25, -0.2) is 4.39 Å². The summed E-state index contributed by atoms with van der Waals surface area (Å²) in [4.78, 5) is 5.01. The fourth-order valence-corrected chi connectivity index (χ4v) is 4.43. The number of halogens is 1. The summed E-state index contributed by atoms with van der Waals surface area (Å²) in [5.41, 5.74) is 0.828. The second kappa shape index (κ2) is 6.13. The monoisotopic (exact) mass is 300 g/mol. The average Bonchev–Trinajstić information content (AvgIpc) is 3.14. The molecule has 3 aliphatic rings. The van der Waals surface area contributed by atoms with Crippen molar-refractivity contribution in [1.82, 2.24) is 9.80 Å². The molecular weight excluding hydrogens is 275 g/mol. The smallest absolute Gasteiger partial charge is 0.127 e. The molecule has 3 atom stereocenters. The molecule has 2 aliphatic carbocycles. The van der Waals surface area contributed by atoms with Gasteiger partial charge in [0, 0.05) is 44.8 Å². The number of hydrogen-bond donors (Lipinski definition) is 0. The van der Waals surface area contributed by atoms with Crippen LogP contribution in [0.3, 0.4) is 0 Å². The van der Waals surface area contributed by atoms with Gasteiger partial charge in [0.2, 0.25) is 0 Å². The number of piperazine rings is 1. The second-order valence-corrected chi connectivity index (χ2v) is 7.21. The standard InChI is InChI=1S/C19H25FN2/c20-19-4-2-1-3-17(19)13-21-7-9-22(10-8-21)14-18-12-15-5-6-16(18)11-15/h1-6,15-16,18H,7-14H2/t15-,16-,18+/m1/s1. The topological polar surface area (TPSA) is 6.48 Å². The van der Waals surface area contributed by atoms with Gasteiger partial charge < -0.3 is 4.90 Å². The van der Waals surface area contributed by atoms with E-state index in [1.54, 1.807) is 12.1 Å². The number of fused-ring (bicyclic) bond motifs is 2. The minimum absolute atomic E-state index is 0.0707. The Kier molecular flexibility index (Phi) is 4.01. The van der Waals surface area contributed by atoms with Crippen LogP contribution in [0.2, 0.25) is 0 Å². The summed E-state index contributed by atoms with van der Waals surface area (Å²) in [6, 6.07) is 7.16. The van der Waals surface area contributed by atoms with Gasteiger partial charge in [0.15, 0.2) is 0 Å². The second-order valence-electron chi connectivity index (χ2n) is 7.21. The molecule has 3 heteroatoms. The maximum absolute atomic E-state index is 13.7. The molecule has 0 N–H and O–H groups in total. The van der Waals surface area contributed by atoms with Crippen LogP contribution in [0.5, 0.6) is 0 Å². The first-order valence-electron chi connectivity index (χ1n) is 8.64. The van der Waals surface area contributed by atoms with Crippen LogP contribution in [0.4, 0.5) is 4.39 Å². The minimum Gasteiger partial charge on any atom is -0.300 e. The van der Waals surface area contributed by atoms with Crippen LogP contribution in [0.15, 0.2) is 36.4 Å². The third-order valence-electron chi connectivity index (χ3n) is 5.73. The van der Waals surface area contributed by atoms with Gasteiger partial charge in [-0.15, -0.1) is 0 Å². The first-order chi connectivity index (χ1) is 10.8. The summed E-state index contributed by atoms with van der Waals surface area (Å²) in [5.74, 6) is 2.53. The van der Waals surface area contributed by atoms with Gasteiger partial charge in [0.25, 0.3) is 0 Å². The zero-order valence-electron chi connectivity index (χ0n) is 13.1. The molecule has 2 fully saturated rings. The molecule has 0 amide bonds. The van der Waals surface area contributed by atoms with Gasteiger partial charge in [0.05, 0.1) is 0 Å². The highest BCUT2D eigenvalue weighted by atomic mass is 19.1. The Bertz CT molecular complexity index is 548. The van der Waals surface area contributed by atoms with E-state index in [1.807, 2.05) is 12.1 Å². The lowest BCUT2D eigenvalue weighted by atomic mass is 9.93. The quantitative estimate of drug-likeness (QED) is 0.788. The molecule has 1 saturated heterocycles. The average molecular weight is 300 g/mol. The van der Waals surface area contributed by atoms with Gasteiger partial charge in [-0.05, 0) is 36.7 Å².